The third-order valence-corrected chi connectivity index (χ3v) is 6.65. The van der Waals surface area contributed by atoms with E-state index in [1.807, 2.05) is 0 Å². The number of nitrogens with zero attached hydrogens (tertiary/aromatic N) is 5. The van der Waals surface area contributed by atoms with Crippen LogP contribution in [0.3, 0.4) is 0 Å². The molecule has 0 unspecified atom stereocenters. The van der Waals surface area contributed by atoms with Gasteiger partial charge < -0.3 is 10.6 Å². The van der Waals surface area contributed by atoms with Gasteiger partial charge in [0.05, 0.1) is 49.9 Å². The molecule has 10 heteroatoms. The quantitative estimate of drug-likeness (QED) is 0.444. The molecule has 1 aliphatic carbocycles. The second kappa shape index (κ2) is 7.42. The zero-order valence-electron chi connectivity index (χ0n) is 16.4. The molecule has 158 valence electrons. The van der Waals surface area contributed by atoms with E-state index in [9.17, 15) is 4.79 Å². The average molecular weight is 504 g/mol. The van der Waals surface area contributed by atoms with Crippen molar-refractivity contribution in [2.45, 2.75) is 25.4 Å². The van der Waals surface area contributed by atoms with Crippen molar-refractivity contribution < 1.29 is 9.18 Å². The minimum atomic E-state index is -0.640. The second-order valence-corrected chi connectivity index (χ2v) is 8.89. The number of hydrogen-bond donors (Lipinski definition) is 1. The maximum absolute atomic E-state index is 15.0. The van der Waals surface area contributed by atoms with E-state index in [0.29, 0.717) is 37.0 Å². The summed E-state index contributed by atoms with van der Waals surface area (Å²) < 4.78 is 17.4. The van der Waals surface area contributed by atoms with Gasteiger partial charge in [0.2, 0.25) is 0 Å². The number of pyridine rings is 2. The Kier molecular flexibility index (Phi) is 4.82. The molecule has 0 bridgehead atoms. The molecule has 31 heavy (non-hydrogen) atoms. The number of fused-ring (bicyclic) bond motifs is 3. The lowest BCUT2D eigenvalue weighted by Gasteiger charge is -2.23. The van der Waals surface area contributed by atoms with Crippen molar-refractivity contribution in [1.82, 2.24) is 24.6 Å². The van der Waals surface area contributed by atoms with Gasteiger partial charge in [0, 0.05) is 30.7 Å². The van der Waals surface area contributed by atoms with E-state index in [-0.39, 0.29) is 24.0 Å². The van der Waals surface area contributed by atoms with Crippen molar-refractivity contribution >= 4 is 61.1 Å². The molecule has 0 aliphatic heterocycles. The average Bonchev–Trinajstić information content (AvgIpc) is 3.50. The number of rotatable bonds is 4. The molecule has 4 aromatic rings. The monoisotopic (exact) mass is 502 g/mol. The molecule has 0 radical (unpaired) electrons. The topological polar surface area (TPSA) is 89.9 Å². The summed E-state index contributed by atoms with van der Waals surface area (Å²) in [5.41, 5.74) is 7.71. The Morgan fingerprint density at radius 3 is 2.81 bits per heavy atom. The number of anilines is 1. The highest BCUT2D eigenvalue weighted by molar-refractivity contribution is 9.10. The molecule has 3 aromatic heterocycles. The summed E-state index contributed by atoms with van der Waals surface area (Å²) in [6.45, 7) is 0.245. The van der Waals surface area contributed by atoms with Crippen LogP contribution in [0.25, 0.3) is 21.8 Å². The Balaban J connectivity index is 1.59. The van der Waals surface area contributed by atoms with Crippen LogP contribution in [0, 0.1) is 5.82 Å². The maximum Gasteiger partial charge on any atom is 0.257 e. The fourth-order valence-corrected chi connectivity index (χ4v) is 4.16. The molecule has 7 nitrogen and oxygen atoms in total. The lowest BCUT2D eigenvalue weighted by atomic mass is 10.1. The minimum Gasteiger partial charge on any atom is -0.383 e. The first-order valence-corrected chi connectivity index (χ1v) is 10.8. The molecule has 1 fully saturated rings. The maximum atomic E-state index is 15.0. The summed E-state index contributed by atoms with van der Waals surface area (Å²) in [4.78, 5) is 23.7. The van der Waals surface area contributed by atoms with Crippen LogP contribution in [0.1, 0.15) is 28.9 Å². The van der Waals surface area contributed by atoms with E-state index in [1.165, 1.54) is 6.07 Å². The Labute approximate surface area is 190 Å². The smallest absolute Gasteiger partial charge is 0.257 e. The number of carbonyl (C=O) groups is 1. The first-order valence-electron chi connectivity index (χ1n) is 9.65. The third kappa shape index (κ3) is 3.51. The summed E-state index contributed by atoms with van der Waals surface area (Å²) in [6, 6.07) is 4.55. The van der Waals surface area contributed by atoms with Crippen molar-refractivity contribution in [2.24, 2.45) is 7.05 Å². The number of amides is 1. The van der Waals surface area contributed by atoms with Crippen molar-refractivity contribution in [2.75, 3.05) is 5.73 Å². The molecule has 1 aromatic carbocycles. The number of halogens is 3. The summed E-state index contributed by atoms with van der Waals surface area (Å²) in [7, 11) is 1.77. The molecule has 0 saturated heterocycles. The minimum absolute atomic E-state index is 0.0170. The Morgan fingerprint density at radius 2 is 2.10 bits per heavy atom. The van der Waals surface area contributed by atoms with Gasteiger partial charge >= 0.3 is 0 Å². The second-order valence-electron chi connectivity index (χ2n) is 7.63. The molecule has 5 rings (SSSR count). The van der Waals surface area contributed by atoms with Gasteiger partial charge in [-0.25, -0.2) is 9.37 Å². The van der Waals surface area contributed by atoms with Crippen LogP contribution in [0.5, 0.6) is 0 Å². The van der Waals surface area contributed by atoms with Gasteiger partial charge in [-0.15, -0.1) is 0 Å². The predicted molar refractivity (Wildman–Crippen MR) is 120 cm³/mol. The molecule has 3 heterocycles. The van der Waals surface area contributed by atoms with Crippen molar-refractivity contribution in [3.63, 3.8) is 0 Å². The van der Waals surface area contributed by atoms with E-state index >= 15 is 4.39 Å². The van der Waals surface area contributed by atoms with Crippen molar-refractivity contribution in [3.05, 3.63) is 57.2 Å². The van der Waals surface area contributed by atoms with E-state index in [0.717, 1.165) is 12.8 Å². The molecule has 1 aliphatic rings. The van der Waals surface area contributed by atoms with Crippen LogP contribution in [0.4, 0.5) is 10.2 Å². The number of aromatic nitrogens is 4. The number of nitrogen functional groups attached to an aromatic ring is 1. The summed E-state index contributed by atoms with van der Waals surface area (Å²) >= 11 is 9.49. The van der Waals surface area contributed by atoms with Gasteiger partial charge in [-0.05, 0) is 40.9 Å². The zero-order chi connectivity index (χ0) is 21.9. The standard InChI is InChI=1S/C21H17BrClFN6O/c1-29-19-13-5-12(17(24)6-18(13)28-20(25)14(19)7-27-29)21(31)30(11-2-3-11)9-10-4-16(23)15(22)8-26-10/h4-8,11H,2-3,9H2,1H3,(H2,25,28). The van der Waals surface area contributed by atoms with Gasteiger partial charge in [-0.3, -0.25) is 14.5 Å². The molecular formula is C21H17BrClFN6O. The van der Waals surface area contributed by atoms with Crippen LogP contribution < -0.4 is 5.73 Å². The van der Waals surface area contributed by atoms with E-state index in [4.69, 9.17) is 17.3 Å². The number of aryl methyl sites for hydroxylation is 1. The molecule has 2 N–H and O–H groups in total. The number of carbonyl (C=O) groups excluding carboxylic acids is 1. The zero-order valence-corrected chi connectivity index (χ0v) is 18.8. The van der Waals surface area contributed by atoms with Gasteiger partial charge in [0.1, 0.15) is 11.6 Å². The van der Waals surface area contributed by atoms with Crippen LogP contribution in [0.2, 0.25) is 5.02 Å². The van der Waals surface area contributed by atoms with Crippen molar-refractivity contribution in [1.29, 1.82) is 0 Å². The largest absolute Gasteiger partial charge is 0.383 e. The highest BCUT2D eigenvalue weighted by atomic mass is 79.9. The number of nitrogens with two attached hydrogens (primary N) is 1. The molecule has 0 spiro atoms. The number of benzene rings is 1. The summed E-state index contributed by atoms with van der Waals surface area (Å²) in [5, 5.41) is 6.02. The Bertz CT molecular complexity index is 1370. The van der Waals surface area contributed by atoms with Gasteiger partial charge in [0.25, 0.3) is 5.91 Å². The van der Waals surface area contributed by atoms with Crippen LogP contribution >= 0.6 is 27.5 Å². The summed E-state index contributed by atoms with van der Waals surface area (Å²) in [6.07, 6.45) is 4.95. The predicted octanol–water partition coefficient (Wildman–Crippen LogP) is 4.46. The first-order chi connectivity index (χ1) is 14.8. The third-order valence-electron chi connectivity index (χ3n) is 5.47. The van der Waals surface area contributed by atoms with E-state index in [1.54, 1.807) is 41.2 Å². The highest BCUT2D eigenvalue weighted by Gasteiger charge is 2.34. The van der Waals surface area contributed by atoms with Gasteiger partial charge in [-0.1, -0.05) is 11.6 Å². The Hall–Kier alpha value is -2.78. The van der Waals surface area contributed by atoms with Crippen LogP contribution in [-0.2, 0) is 13.6 Å². The normalized spacial score (nSPS) is 13.8. The van der Waals surface area contributed by atoms with Crippen molar-refractivity contribution in [3.8, 4) is 0 Å². The van der Waals surface area contributed by atoms with Crippen LogP contribution in [0.15, 0.2) is 35.1 Å². The van der Waals surface area contributed by atoms with E-state index < -0.39 is 11.7 Å². The molecule has 1 amide bonds. The lowest BCUT2D eigenvalue weighted by Crippen LogP contribution is -2.33. The molecule has 1 saturated carbocycles. The lowest BCUT2D eigenvalue weighted by molar-refractivity contribution is 0.0723. The first kappa shape index (κ1) is 20.1. The number of hydrogen-bond acceptors (Lipinski definition) is 5. The highest BCUT2D eigenvalue weighted by Crippen LogP contribution is 2.33. The molecule has 0 atom stereocenters. The van der Waals surface area contributed by atoms with Gasteiger partial charge in [-0.2, -0.15) is 5.10 Å². The molecular weight excluding hydrogens is 487 g/mol. The van der Waals surface area contributed by atoms with Crippen LogP contribution in [-0.4, -0.2) is 36.6 Å². The Morgan fingerprint density at radius 1 is 1.32 bits per heavy atom. The fraction of sp³-hybridized carbons (Fsp3) is 0.238. The SMILES string of the molecule is Cn1ncc2c(N)nc3cc(F)c(C(=O)N(Cc4cc(Cl)c(Br)cn4)C4CC4)cc3c21. The fourth-order valence-electron chi connectivity index (χ4n) is 3.77. The summed E-state index contributed by atoms with van der Waals surface area (Å²) in [5.74, 6) is -0.764. The van der Waals surface area contributed by atoms with E-state index in [2.05, 4.69) is 31.0 Å². The van der Waals surface area contributed by atoms with Gasteiger partial charge in [0.15, 0.2) is 0 Å².